The van der Waals surface area contributed by atoms with Crippen molar-refractivity contribution in [1.29, 1.82) is 0 Å². The maximum absolute atomic E-state index is 12.4. The molecule has 0 radical (unpaired) electrons. The molecule has 0 aliphatic carbocycles. The molecule has 0 aromatic carbocycles. The Kier molecular flexibility index (Phi) is 4.99. The molecule has 1 atom stereocenters. The maximum Gasteiger partial charge on any atom is 0.270 e. The normalized spacial score (nSPS) is 20.6. The monoisotopic (exact) mass is 332 g/mol. The fourth-order valence-electron chi connectivity index (χ4n) is 2.80. The molecule has 1 aromatic rings. The van der Waals surface area contributed by atoms with E-state index in [4.69, 9.17) is 10.7 Å². The summed E-state index contributed by atoms with van der Waals surface area (Å²) in [4.78, 5) is 16.9. The van der Waals surface area contributed by atoms with Crippen LogP contribution in [0.4, 0.5) is 0 Å². The lowest BCUT2D eigenvalue weighted by Crippen LogP contribution is -2.32. The molecule has 1 aliphatic heterocycles. The zero-order valence-corrected chi connectivity index (χ0v) is 13.9. The van der Waals surface area contributed by atoms with Crippen LogP contribution in [0.2, 0.25) is 0 Å². The highest BCUT2D eigenvalue weighted by Crippen LogP contribution is 2.25. The predicted molar refractivity (Wildman–Crippen MR) is 81.9 cm³/mol. The summed E-state index contributed by atoms with van der Waals surface area (Å²) < 4.78 is 22.5. The van der Waals surface area contributed by atoms with Gasteiger partial charge in [-0.1, -0.05) is 13.8 Å². The highest BCUT2D eigenvalue weighted by atomic mass is 35.7. The number of amides is 1. The molecule has 1 aliphatic rings. The number of carbonyl (C=O) groups excluding carboxylic acids is 1. The summed E-state index contributed by atoms with van der Waals surface area (Å²) in [5.74, 6) is 1.11. The molecule has 0 spiro atoms. The minimum absolute atomic E-state index is 0.0672. The van der Waals surface area contributed by atoms with Crippen molar-refractivity contribution < 1.29 is 13.2 Å². The topological polar surface area (TPSA) is 70.2 Å². The Bertz CT molecular complexity index is 609. The molecule has 1 saturated heterocycles. The van der Waals surface area contributed by atoms with Crippen molar-refractivity contribution in [2.75, 3.05) is 13.1 Å². The van der Waals surface area contributed by atoms with Crippen LogP contribution in [0, 0.1) is 11.8 Å². The molecule has 2 heterocycles. The van der Waals surface area contributed by atoms with Crippen molar-refractivity contribution in [3.8, 4) is 0 Å². The smallest absolute Gasteiger partial charge is 0.270 e. The van der Waals surface area contributed by atoms with Crippen LogP contribution in [0.3, 0.4) is 0 Å². The number of rotatable bonds is 3. The van der Waals surface area contributed by atoms with Crippen LogP contribution >= 0.6 is 10.7 Å². The van der Waals surface area contributed by atoms with Crippen LogP contribution in [0.5, 0.6) is 0 Å². The second-order valence-corrected chi connectivity index (χ2v) is 8.48. The Morgan fingerprint density at radius 1 is 1.38 bits per heavy atom. The third kappa shape index (κ3) is 4.01. The highest BCUT2D eigenvalue weighted by molar-refractivity contribution is 8.13. The summed E-state index contributed by atoms with van der Waals surface area (Å²) in [6.45, 7) is 5.85. The van der Waals surface area contributed by atoms with Crippen molar-refractivity contribution in [3.63, 3.8) is 0 Å². The summed E-state index contributed by atoms with van der Waals surface area (Å²) >= 11 is 0. The first kappa shape index (κ1) is 16.4. The lowest BCUT2D eigenvalue weighted by atomic mass is 9.89. The Morgan fingerprint density at radius 3 is 2.67 bits per heavy atom. The number of aromatic nitrogens is 1. The third-order valence-corrected chi connectivity index (χ3v) is 5.50. The second-order valence-electron chi connectivity index (χ2n) is 5.91. The van der Waals surface area contributed by atoms with E-state index >= 15 is 0 Å². The van der Waals surface area contributed by atoms with Gasteiger partial charge in [0.25, 0.3) is 15.0 Å². The summed E-state index contributed by atoms with van der Waals surface area (Å²) in [7, 11) is 1.47. The van der Waals surface area contributed by atoms with Crippen LogP contribution in [-0.2, 0) is 9.05 Å². The average Bonchev–Trinajstić information content (AvgIpc) is 2.76. The van der Waals surface area contributed by atoms with Crippen LogP contribution < -0.4 is 0 Å². The van der Waals surface area contributed by atoms with E-state index in [-0.39, 0.29) is 16.5 Å². The molecular weight excluding hydrogens is 312 g/mol. The lowest BCUT2D eigenvalue weighted by molar-refractivity contribution is 0.0753. The summed E-state index contributed by atoms with van der Waals surface area (Å²) in [6.07, 6.45) is 4.36. The molecule has 1 amide bonds. The minimum atomic E-state index is -3.80. The van der Waals surface area contributed by atoms with E-state index in [1.54, 1.807) is 4.90 Å². The number of H-pyrrole nitrogens is 1. The van der Waals surface area contributed by atoms with Gasteiger partial charge in [0, 0.05) is 30.0 Å². The summed E-state index contributed by atoms with van der Waals surface area (Å²) in [5, 5.41) is 0. The largest absolute Gasteiger partial charge is 0.356 e. The van der Waals surface area contributed by atoms with Gasteiger partial charge in [0.05, 0.1) is 0 Å². The van der Waals surface area contributed by atoms with Crippen LogP contribution in [0.25, 0.3) is 0 Å². The number of nitrogens with one attached hydrogen (secondary N) is 1. The SMILES string of the molecule is CC(C)C1CCCN(C(=O)c2cc(S(=O)(=O)Cl)c[nH]2)CC1. The third-order valence-electron chi connectivity index (χ3n) is 4.17. The Hall–Kier alpha value is -1.01. The van der Waals surface area contributed by atoms with E-state index < -0.39 is 9.05 Å². The van der Waals surface area contributed by atoms with Crippen LogP contribution in [-0.4, -0.2) is 37.3 Å². The molecule has 5 nitrogen and oxygen atoms in total. The predicted octanol–water partition coefficient (Wildman–Crippen LogP) is 2.84. The molecule has 1 aromatic heterocycles. The van der Waals surface area contributed by atoms with Crippen molar-refractivity contribution in [2.24, 2.45) is 11.8 Å². The van der Waals surface area contributed by atoms with Crippen molar-refractivity contribution in [2.45, 2.75) is 38.0 Å². The van der Waals surface area contributed by atoms with Gasteiger partial charge < -0.3 is 9.88 Å². The number of hydrogen-bond acceptors (Lipinski definition) is 3. The number of hydrogen-bond donors (Lipinski definition) is 1. The molecule has 0 saturated carbocycles. The van der Waals surface area contributed by atoms with Gasteiger partial charge in [0.2, 0.25) is 0 Å². The van der Waals surface area contributed by atoms with Gasteiger partial charge in [-0.15, -0.1) is 0 Å². The highest BCUT2D eigenvalue weighted by Gasteiger charge is 2.24. The second kappa shape index (κ2) is 6.40. The number of likely N-dealkylation sites (tertiary alicyclic amines) is 1. The summed E-state index contributed by atoms with van der Waals surface area (Å²) in [5.41, 5.74) is 0.275. The van der Waals surface area contributed by atoms with Crippen molar-refractivity contribution in [1.82, 2.24) is 9.88 Å². The molecule has 0 bridgehead atoms. The molecule has 7 heteroatoms. The van der Waals surface area contributed by atoms with E-state index in [0.717, 1.165) is 19.3 Å². The van der Waals surface area contributed by atoms with Crippen LogP contribution in [0.15, 0.2) is 17.2 Å². The average molecular weight is 333 g/mol. The van der Waals surface area contributed by atoms with E-state index in [1.807, 2.05) is 0 Å². The van der Waals surface area contributed by atoms with Gasteiger partial charge in [-0.25, -0.2) is 8.42 Å². The number of halogens is 1. The standard InChI is InChI=1S/C14H21ClN2O3S/c1-10(2)11-4-3-6-17(7-5-11)14(18)13-8-12(9-16-13)21(15,19)20/h8-11,16H,3-7H2,1-2H3. The summed E-state index contributed by atoms with van der Waals surface area (Å²) in [6, 6.07) is 1.30. The quantitative estimate of drug-likeness (QED) is 0.865. The molecule has 1 N–H and O–H groups in total. The van der Waals surface area contributed by atoms with Gasteiger partial charge in [0.15, 0.2) is 0 Å². The van der Waals surface area contributed by atoms with Gasteiger partial charge >= 0.3 is 0 Å². The fraction of sp³-hybridized carbons (Fsp3) is 0.643. The lowest BCUT2D eigenvalue weighted by Gasteiger charge is -2.21. The Labute approximate surface area is 130 Å². The fourth-order valence-corrected chi connectivity index (χ4v) is 3.53. The molecular formula is C14H21ClN2O3S. The first-order valence-corrected chi connectivity index (χ1v) is 9.52. The zero-order valence-electron chi connectivity index (χ0n) is 12.3. The first-order valence-electron chi connectivity index (χ1n) is 7.21. The van der Waals surface area contributed by atoms with Gasteiger partial charge in [-0.3, -0.25) is 4.79 Å². The van der Waals surface area contributed by atoms with Crippen LogP contribution in [0.1, 0.15) is 43.6 Å². The van der Waals surface area contributed by atoms with E-state index in [9.17, 15) is 13.2 Å². The maximum atomic E-state index is 12.4. The Morgan fingerprint density at radius 2 is 2.10 bits per heavy atom. The molecule has 118 valence electrons. The molecule has 1 unspecified atom stereocenters. The minimum Gasteiger partial charge on any atom is -0.356 e. The molecule has 2 rings (SSSR count). The van der Waals surface area contributed by atoms with Crippen molar-refractivity contribution >= 4 is 25.6 Å². The number of nitrogens with zero attached hydrogens (tertiary/aromatic N) is 1. The van der Waals surface area contributed by atoms with Crippen molar-refractivity contribution in [3.05, 3.63) is 18.0 Å². The first-order chi connectivity index (χ1) is 9.79. The van der Waals surface area contributed by atoms with Gasteiger partial charge in [-0.2, -0.15) is 0 Å². The van der Waals surface area contributed by atoms with E-state index in [2.05, 4.69) is 18.8 Å². The van der Waals surface area contributed by atoms with Gasteiger partial charge in [0.1, 0.15) is 10.6 Å². The molecule has 21 heavy (non-hydrogen) atoms. The van der Waals surface area contributed by atoms with Gasteiger partial charge in [-0.05, 0) is 37.2 Å². The number of aromatic amines is 1. The zero-order chi connectivity index (χ0) is 15.6. The molecule has 1 fully saturated rings. The van der Waals surface area contributed by atoms with E-state index in [1.165, 1.54) is 12.3 Å². The van der Waals surface area contributed by atoms with E-state index in [0.29, 0.717) is 24.9 Å². The Balaban J connectivity index is 2.08. The number of carbonyl (C=O) groups is 1.